The third kappa shape index (κ3) is 11.4. The highest BCUT2D eigenvalue weighted by Gasteiger charge is 2.49. The van der Waals surface area contributed by atoms with Crippen LogP contribution in [0, 0.1) is 29.6 Å². The number of carbonyl (C=O) groups excluding carboxylic acids is 1. The second-order valence-corrected chi connectivity index (χ2v) is 8.01. The van der Waals surface area contributed by atoms with Crippen LogP contribution in [-0.4, -0.2) is 72.1 Å². The van der Waals surface area contributed by atoms with Crippen LogP contribution in [0.1, 0.15) is 25.7 Å². The molecule has 3 unspecified atom stereocenters. The first-order valence-corrected chi connectivity index (χ1v) is 11.0. The van der Waals surface area contributed by atoms with Crippen LogP contribution in [0.15, 0.2) is 4.99 Å². The molecule has 162 valence electrons. The van der Waals surface area contributed by atoms with Crippen LogP contribution in [0.3, 0.4) is 0 Å². The monoisotopic (exact) mass is 428 g/mol. The van der Waals surface area contributed by atoms with Gasteiger partial charge in [0.05, 0.1) is 26.4 Å². The molecule has 0 aromatic carbocycles. The molecule has 2 aliphatic carbocycles. The zero-order valence-corrected chi connectivity index (χ0v) is 17.9. The Kier molecular flexibility index (Phi) is 12.9. The van der Waals surface area contributed by atoms with Gasteiger partial charge in [0.25, 0.3) is 0 Å². The van der Waals surface area contributed by atoms with E-state index in [9.17, 15) is 9.36 Å². The standard InChI is InChI=1S/C16H26NO7P.C2H4BN/c1-21-25(19,20)24-11-10-22-9-8-17-16(18)23-12-15-13-6-4-2-3-5-7-14(13)15;1-4-2-3/h13-15H,4-12H2,1H3,(H,17,18)(H,19,20);2H,1H3. The fourth-order valence-electron chi connectivity index (χ4n) is 3.10. The Labute approximate surface area is 173 Å². The maximum Gasteiger partial charge on any atom is 0.471 e. The summed E-state index contributed by atoms with van der Waals surface area (Å²) in [6, 6.07) is 0. The Balaban J connectivity index is 0.000000960. The molecule has 9 nitrogen and oxygen atoms in total. The summed E-state index contributed by atoms with van der Waals surface area (Å²) in [5.74, 6) is 8.10. The molecule has 11 heteroatoms. The topological polar surface area (TPSA) is 116 Å². The van der Waals surface area contributed by atoms with Crippen molar-refractivity contribution in [1.82, 2.24) is 5.32 Å². The van der Waals surface area contributed by atoms with Crippen LogP contribution in [0.4, 0.5) is 4.79 Å². The van der Waals surface area contributed by atoms with Crippen LogP contribution in [-0.2, 0) is 23.1 Å². The Hall–Kier alpha value is -1.37. The van der Waals surface area contributed by atoms with E-state index in [1.165, 1.54) is 6.11 Å². The zero-order valence-electron chi connectivity index (χ0n) is 17.0. The van der Waals surface area contributed by atoms with Gasteiger partial charge in [-0.15, -0.1) is 11.8 Å². The largest absolute Gasteiger partial charge is 0.471 e. The fraction of sp³-hybridized carbons (Fsp3) is 0.778. The zero-order chi connectivity index (χ0) is 21.5. The first kappa shape index (κ1) is 25.7. The van der Waals surface area contributed by atoms with Crippen molar-refractivity contribution >= 4 is 27.9 Å². The van der Waals surface area contributed by atoms with E-state index in [1.54, 1.807) is 7.05 Å². The number of fused-ring (bicyclic) bond motifs is 1. The lowest BCUT2D eigenvalue weighted by Crippen LogP contribution is -2.29. The maximum absolute atomic E-state index is 11.7. The minimum atomic E-state index is -3.95. The number of phosphoric ester groups is 1. The molecule has 2 N–H and O–H groups in total. The molecule has 1 saturated carbocycles. The lowest BCUT2D eigenvalue weighted by molar-refractivity contribution is 0.0807. The molecule has 0 saturated heterocycles. The van der Waals surface area contributed by atoms with Crippen molar-refractivity contribution in [2.75, 3.05) is 47.1 Å². The van der Waals surface area contributed by atoms with E-state index in [-0.39, 0.29) is 19.8 Å². The van der Waals surface area contributed by atoms with Gasteiger partial charge in [-0.25, -0.2) is 9.36 Å². The summed E-state index contributed by atoms with van der Waals surface area (Å²) in [5.41, 5.74) is 0. The van der Waals surface area contributed by atoms with Crippen molar-refractivity contribution in [2.24, 2.45) is 22.7 Å². The number of hydrogen-bond acceptors (Lipinski definition) is 7. The van der Waals surface area contributed by atoms with Crippen LogP contribution < -0.4 is 5.32 Å². The number of rotatable bonds is 10. The van der Waals surface area contributed by atoms with Crippen LogP contribution in [0.5, 0.6) is 0 Å². The molecular formula is C18H30BN2O7P. The number of alkyl carbamates (subject to hydrolysis) is 1. The van der Waals surface area contributed by atoms with Crippen molar-refractivity contribution in [1.29, 1.82) is 0 Å². The van der Waals surface area contributed by atoms with E-state index >= 15 is 0 Å². The Morgan fingerprint density at radius 2 is 1.90 bits per heavy atom. The van der Waals surface area contributed by atoms with Gasteiger partial charge in [0, 0.05) is 33.5 Å². The molecule has 2 aliphatic rings. The van der Waals surface area contributed by atoms with Crippen molar-refractivity contribution in [2.45, 2.75) is 25.7 Å². The van der Waals surface area contributed by atoms with Crippen LogP contribution >= 0.6 is 7.82 Å². The Morgan fingerprint density at radius 1 is 1.28 bits per heavy atom. The predicted molar refractivity (Wildman–Crippen MR) is 110 cm³/mol. The Bertz CT molecular complexity index is 601. The minimum absolute atomic E-state index is 0.0692. The van der Waals surface area contributed by atoms with Gasteiger partial charge < -0.3 is 24.7 Å². The highest BCUT2D eigenvalue weighted by atomic mass is 31.2. The minimum Gasteiger partial charge on any atom is -0.449 e. The molecule has 3 atom stereocenters. The van der Waals surface area contributed by atoms with E-state index < -0.39 is 13.9 Å². The highest BCUT2D eigenvalue weighted by Crippen LogP contribution is 2.52. The van der Waals surface area contributed by atoms with E-state index in [0.717, 1.165) is 32.8 Å². The molecule has 1 amide bonds. The number of ether oxygens (including phenoxy) is 2. The number of nitrogens with zero attached hydrogens (tertiary/aromatic N) is 1. The second-order valence-electron chi connectivity index (χ2n) is 6.45. The normalized spacial score (nSPS) is 24.4. The molecule has 1 fully saturated rings. The van der Waals surface area contributed by atoms with Crippen molar-refractivity contribution in [3.05, 3.63) is 0 Å². The summed E-state index contributed by atoms with van der Waals surface area (Å²) in [6.45, 7) is 1.06. The molecule has 0 aliphatic heterocycles. The molecular weight excluding hydrogens is 398 g/mol. The molecule has 0 spiro atoms. The number of aliphatic imine (C=N–C) groups is 1. The number of nitrogens with one attached hydrogen (secondary N) is 1. The van der Waals surface area contributed by atoms with Gasteiger partial charge in [0.15, 0.2) is 0 Å². The van der Waals surface area contributed by atoms with E-state index in [1.807, 2.05) is 0 Å². The summed E-state index contributed by atoms with van der Waals surface area (Å²) in [5, 5.41) is 2.61. The molecule has 0 aromatic rings. The quantitative estimate of drug-likeness (QED) is 0.179. The third-order valence-corrected chi connectivity index (χ3v) is 5.59. The Morgan fingerprint density at radius 3 is 2.45 bits per heavy atom. The van der Waals surface area contributed by atoms with Crippen LogP contribution in [0.25, 0.3) is 0 Å². The van der Waals surface area contributed by atoms with Gasteiger partial charge in [-0.1, -0.05) is 6.11 Å². The van der Waals surface area contributed by atoms with Gasteiger partial charge >= 0.3 is 13.9 Å². The smallest absolute Gasteiger partial charge is 0.449 e. The van der Waals surface area contributed by atoms with E-state index in [0.29, 0.717) is 30.9 Å². The number of hydrogen-bond donors (Lipinski definition) is 2. The second kappa shape index (κ2) is 14.6. The number of carbonyl (C=O) groups is 1. The third-order valence-electron chi connectivity index (χ3n) is 4.62. The number of phosphoric acid groups is 1. The summed E-state index contributed by atoms with van der Waals surface area (Å²) >= 11 is 0. The lowest BCUT2D eigenvalue weighted by Gasteiger charge is -2.10. The van der Waals surface area contributed by atoms with Gasteiger partial charge in [-0.3, -0.25) is 9.05 Å². The molecule has 0 heterocycles. The van der Waals surface area contributed by atoms with E-state index in [4.69, 9.17) is 22.2 Å². The van der Waals surface area contributed by atoms with Gasteiger partial charge in [0.2, 0.25) is 0 Å². The van der Waals surface area contributed by atoms with Gasteiger partial charge in [-0.2, -0.15) is 0 Å². The summed E-state index contributed by atoms with van der Waals surface area (Å²) in [6.07, 6.45) is 4.90. The summed E-state index contributed by atoms with van der Waals surface area (Å²) in [7, 11) is 3.50. The average molecular weight is 428 g/mol. The molecule has 0 aromatic heterocycles. The number of amides is 1. The average Bonchev–Trinajstić information content (AvgIpc) is 3.34. The molecule has 2 rings (SSSR count). The van der Waals surface area contributed by atoms with Gasteiger partial charge in [-0.05, 0) is 30.6 Å². The van der Waals surface area contributed by atoms with E-state index in [2.05, 4.69) is 31.2 Å². The fourth-order valence-corrected chi connectivity index (χ4v) is 3.51. The maximum atomic E-state index is 11.7. The van der Waals surface area contributed by atoms with Crippen molar-refractivity contribution in [3.63, 3.8) is 0 Å². The van der Waals surface area contributed by atoms with Crippen LogP contribution in [0.2, 0.25) is 0 Å². The SMILES string of the molecule is COP(=O)(O)OCCOCCNC(=O)OCC1C2CCC#CCCC21.[B]C=NC. The van der Waals surface area contributed by atoms with Crippen molar-refractivity contribution in [3.8, 4) is 11.8 Å². The summed E-state index contributed by atoms with van der Waals surface area (Å²) in [4.78, 5) is 24.0. The molecule has 29 heavy (non-hydrogen) atoms. The van der Waals surface area contributed by atoms with Gasteiger partial charge in [0.1, 0.15) is 7.85 Å². The highest BCUT2D eigenvalue weighted by molar-refractivity contribution is 7.47. The predicted octanol–water partition coefficient (Wildman–Crippen LogP) is 1.75. The summed E-state index contributed by atoms with van der Waals surface area (Å²) < 4.78 is 30.3. The molecule has 0 bridgehead atoms. The first-order chi connectivity index (χ1) is 13.9. The molecule has 2 radical (unpaired) electrons. The van der Waals surface area contributed by atoms with Crippen molar-refractivity contribution < 1.29 is 32.8 Å². The lowest BCUT2D eigenvalue weighted by atomic mass is 10.1. The first-order valence-electron chi connectivity index (χ1n) is 9.54.